The third-order valence-electron chi connectivity index (χ3n) is 2.61. The van der Waals surface area contributed by atoms with Crippen molar-refractivity contribution in [1.29, 1.82) is 0 Å². The van der Waals surface area contributed by atoms with Crippen LogP contribution in [0.25, 0.3) is 0 Å². The van der Waals surface area contributed by atoms with Crippen molar-refractivity contribution >= 4 is 44.0 Å². The molecule has 0 bridgehead atoms. The quantitative estimate of drug-likeness (QED) is 0.812. The number of hydrogen-bond acceptors (Lipinski definition) is 3. The molecule has 0 aliphatic carbocycles. The van der Waals surface area contributed by atoms with Gasteiger partial charge >= 0.3 is 0 Å². The number of rotatable bonds is 4. The van der Waals surface area contributed by atoms with Gasteiger partial charge in [0.15, 0.2) is 0 Å². The molecule has 21 heavy (non-hydrogen) atoms. The second-order valence-corrected chi connectivity index (χ2v) is 6.56. The number of carbonyl (C=O) groups excluding carboxylic acids is 1. The lowest BCUT2D eigenvalue weighted by molar-refractivity contribution is -0.113. The molecule has 2 aromatic rings. The highest BCUT2D eigenvalue weighted by Crippen LogP contribution is 2.22. The highest BCUT2D eigenvalue weighted by Gasteiger charge is 2.13. The lowest BCUT2D eigenvalue weighted by Crippen LogP contribution is -2.20. The zero-order valence-electron chi connectivity index (χ0n) is 10.8. The van der Waals surface area contributed by atoms with E-state index in [0.717, 1.165) is 4.47 Å². The Morgan fingerprint density at radius 2 is 1.90 bits per heavy atom. The van der Waals surface area contributed by atoms with Crippen molar-refractivity contribution in [2.24, 2.45) is 0 Å². The van der Waals surface area contributed by atoms with Crippen LogP contribution in [-0.2, 0) is 15.6 Å². The number of nitrogen functional groups attached to an aromatic ring is 1. The Labute approximate surface area is 132 Å². The minimum atomic E-state index is -1.55. The number of carbonyl (C=O) groups is 1. The van der Waals surface area contributed by atoms with Gasteiger partial charge in [-0.05, 0) is 42.5 Å². The molecule has 1 atom stereocenters. The Morgan fingerprint density at radius 3 is 2.57 bits per heavy atom. The number of amides is 1. The second kappa shape index (κ2) is 6.82. The minimum Gasteiger partial charge on any atom is -0.398 e. The van der Waals surface area contributed by atoms with E-state index in [4.69, 9.17) is 5.73 Å². The van der Waals surface area contributed by atoms with E-state index in [1.165, 1.54) is 24.3 Å². The van der Waals surface area contributed by atoms with Crippen LogP contribution >= 0.6 is 15.9 Å². The van der Waals surface area contributed by atoms with Gasteiger partial charge in [-0.15, -0.1) is 0 Å². The number of benzene rings is 2. The molecule has 0 aromatic heterocycles. The molecule has 1 amide bonds. The van der Waals surface area contributed by atoms with E-state index in [2.05, 4.69) is 21.2 Å². The summed E-state index contributed by atoms with van der Waals surface area (Å²) in [5, 5.41) is 2.55. The summed E-state index contributed by atoms with van der Waals surface area (Å²) in [5.74, 6) is -1.05. The Hall–Kier alpha value is -1.73. The number of nitrogens with two attached hydrogens (primary N) is 1. The number of anilines is 2. The number of hydrogen-bond donors (Lipinski definition) is 2. The maximum absolute atomic E-state index is 12.8. The maximum Gasteiger partial charge on any atom is 0.237 e. The van der Waals surface area contributed by atoms with Crippen molar-refractivity contribution < 1.29 is 13.4 Å². The summed E-state index contributed by atoms with van der Waals surface area (Å²) in [6.45, 7) is 0. The maximum atomic E-state index is 12.8. The summed E-state index contributed by atoms with van der Waals surface area (Å²) in [6, 6.07) is 10.3. The van der Waals surface area contributed by atoms with Crippen LogP contribution < -0.4 is 11.1 Å². The second-order valence-electron chi connectivity index (χ2n) is 4.23. The van der Waals surface area contributed by atoms with Crippen LogP contribution in [0.1, 0.15) is 0 Å². The summed E-state index contributed by atoms with van der Waals surface area (Å²) in [6.07, 6.45) is 0. The van der Waals surface area contributed by atoms with E-state index >= 15 is 0 Å². The molecule has 0 aliphatic heterocycles. The van der Waals surface area contributed by atoms with Crippen LogP contribution in [0.15, 0.2) is 51.8 Å². The van der Waals surface area contributed by atoms with Crippen molar-refractivity contribution in [3.05, 3.63) is 52.8 Å². The van der Waals surface area contributed by atoms with Crippen molar-refractivity contribution in [3.8, 4) is 0 Å². The van der Waals surface area contributed by atoms with Gasteiger partial charge in [-0.25, -0.2) is 4.39 Å². The summed E-state index contributed by atoms with van der Waals surface area (Å²) >= 11 is 3.27. The fourth-order valence-electron chi connectivity index (χ4n) is 1.63. The standard InChI is InChI=1S/C14H12BrFN2O2S/c15-9-1-6-12(17)13(7-9)21(20)8-14(19)18-11-4-2-10(16)3-5-11/h1-7H,8,17H2,(H,18,19). The predicted molar refractivity (Wildman–Crippen MR) is 84.9 cm³/mol. The average Bonchev–Trinajstić information content (AvgIpc) is 2.44. The normalized spacial score (nSPS) is 11.9. The summed E-state index contributed by atoms with van der Waals surface area (Å²) in [7, 11) is -1.55. The molecule has 0 radical (unpaired) electrons. The first-order chi connectivity index (χ1) is 9.95. The molecule has 4 nitrogen and oxygen atoms in total. The Bertz CT molecular complexity index is 692. The highest BCUT2D eigenvalue weighted by molar-refractivity contribution is 9.10. The molecule has 1 unspecified atom stereocenters. The largest absolute Gasteiger partial charge is 0.398 e. The predicted octanol–water partition coefficient (Wildman–Crippen LogP) is 2.92. The SMILES string of the molecule is Nc1ccc(Br)cc1S(=O)CC(=O)Nc1ccc(F)cc1. The first kappa shape index (κ1) is 15.7. The van der Waals surface area contributed by atoms with Crippen molar-refractivity contribution in [2.45, 2.75) is 4.90 Å². The molecule has 0 heterocycles. The van der Waals surface area contributed by atoms with Crippen molar-refractivity contribution in [3.63, 3.8) is 0 Å². The van der Waals surface area contributed by atoms with E-state index in [1.807, 2.05) is 0 Å². The van der Waals surface area contributed by atoms with Gasteiger partial charge in [0.25, 0.3) is 0 Å². The zero-order chi connectivity index (χ0) is 15.4. The number of nitrogens with one attached hydrogen (secondary N) is 1. The van der Waals surface area contributed by atoms with Gasteiger partial charge in [-0.3, -0.25) is 9.00 Å². The average molecular weight is 371 g/mol. The van der Waals surface area contributed by atoms with E-state index in [0.29, 0.717) is 16.3 Å². The summed E-state index contributed by atoms with van der Waals surface area (Å²) in [5.41, 5.74) is 6.56. The molecule has 2 rings (SSSR count). The molecule has 0 saturated heterocycles. The molecule has 0 saturated carbocycles. The molecule has 2 aromatic carbocycles. The smallest absolute Gasteiger partial charge is 0.237 e. The molecule has 0 spiro atoms. The molecule has 0 fully saturated rings. The van der Waals surface area contributed by atoms with Crippen LogP contribution in [0.3, 0.4) is 0 Å². The van der Waals surface area contributed by atoms with Crippen LogP contribution in [0.5, 0.6) is 0 Å². The summed E-state index contributed by atoms with van der Waals surface area (Å²) in [4.78, 5) is 12.2. The third-order valence-corrected chi connectivity index (χ3v) is 4.47. The molecular weight excluding hydrogens is 359 g/mol. The molecule has 7 heteroatoms. The molecule has 0 aliphatic rings. The van der Waals surface area contributed by atoms with Gasteiger partial charge in [0.2, 0.25) is 5.91 Å². The zero-order valence-corrected chi connectivity index (χ0v) is 13.2. The van der Waals surface area contributed by atoms with Crippen LogP contribution in [0.4, 0.5) is 15.8 Å². The molecule has 3 N–H and O–H groups in total. The first-order valence-corrected chi connectivity index (χ1v) is 8.06. The van der Waals surface area contributed by atoms with Gasteiger partial charge in [0, 0.05) is 15.8 Å². The van der Waals surface area contributed by atoms with Gasteiger partial charge in [0.05, 0.1) is 15.7 Å². The third kappa shape index (κ3) is 4.37. The Kier molecular flexibility index (Phi) is 5.08. The summed E-state index contributed by atoms with van der Waals surface area (Å²) < 4.78 is 25.7. The lowest BCUT2D eigenvalue weighted by Gasteiger charge is -2.07. The molecule has 110 valence electrons. The van der Waals surface area contributed by atoms with E-state index in [9.17, 15) is 13.4 Å². The van der Waals surface area contributed by atoms with Gasteiger partial charge in [0.1, 0.15) is 11.6 Å². The van der Waals surface area contributed by atoms with Gasteiger partial charge in [-0.1, -0.05) is 15.9 Å². The van der Waals surface area contributed by atoms with Gasteiger partial charge < -0.3 is 11.1 Å². The fraction of sp³-hybridized carbons (Fsp3) is 0.0714. The van der Waals surface area contributed by atoms with E-state index in [1.54, 1.807) is 18.2 Å². The fourth-order valence-corrected chi connectivity index (χ4v) is 3.20. The van der Waals surface area contributed by atoms with Crippen LogP contribution in [0.2, 0.25) is 0 Å². The Morgan fingerprint density at radius 1 is 1.24 bits per heavy atom. The first-order valence-electron chi connectivity index (χ1n) is 5.94. The topological polar surface area (TPSA) is 72.2 Å². The number of halogens is 2. The Balaban J connectivity index is 2.03. The van der Waals surface area contributed by atoms with E-state index in [-0.39, 0.29) is 5.75 Å². The van der Waals surface area contributed by atoms with Crippen LogP contribution in [-0.4, -0.2) is 15.9 Å². The van der Waals surface area contributed by atoms with Crippen LogP contribution in [0, 0.1) is 5.82 Å². The lowest BCUT2D eigenvalue weighted by atomic mass is 10.3. The van der Waals surface area contributed by atoms with Crippen molar-refractivity contribution in [1.82, 2.24) is 0 Å². The molecular formula is C14H12BrFN2O2S. The van der Waals surface area contributed by atoms with Gasteiger partial charge in [-0.2, -0.15) is 0 Å². The van der Waals surface area contributed by atoms with E-state index < -0.39 is 22.5 Å². The monoisotopic (exact) mass is 370 g/mol. The van der Waals surface area contributed by atoms with Crippen molar-refractivity contribution in [2.75, 3.05) is 16.8 Å². The highest BCUT2D eigenvalue weighted by atomic mass is 79.9. The minimum absolute atomic E-state index is 0.224.